The minimum absolute atomic E-state index is 0.175. The molecule has 0 fully saturated rings. The van der Waals surface area contributed by atoms with Crippen LogP contribution in [0.15, 0.2) is 24.3 Å². The first-order valence-corrected chi connectivity index (χ1v) is 4.98. The molecule has 2 nitrogen and oxygen atoms in total. The molecule has 0 amide bonds. The van der Waals surface area contributed by atoms with Crippen LogP contribution in [0.4, 0.5) is 4.39 Å². The van der Waals surface area contributed by atoms with E-state index in [2.05, 4.69) is 5.32 Å². The van der Waals surface area contributed by atoms with Crippen LogP contribution < -0.4 is 11.1 Å². The molecule has 0 unspecified atom stereocenters. The molecule has 0 saturated carbocycles. The number of unbranched alkanes of at least 4 members (excludes halogenated alkanes) is 1. The van der Waals surface area contributed by atoms with E-state index in [4.69, 9.17) is 5.73 Å². The molecule has 0 aliphatic rings. The van der Waals surface area contributed by atoms with Crippen molar-refractivity contribution in [1.29, 1.82) is 0 Å². The lowest BCUT2D eigenvalue weighted by Crippen LogP contribution is -2.15. The molecule has 0 bridgehead atoms. The molecule has 1 aromatic rings. The van der Waals surface area contributed by atoms with Crippen molar-refractivity contribution in [2.45, 2.75) is 19.4 Å². The Bertz CT molecular complexity index is 263. The van der Waals surface area contributed by atoms with Gasteiger partial charge in [-0.25, -0.2) is 4.39 Å². The van der Waals surface area contributed by atoms with Gasteiger partial charge in [-0.2, -0.15) is 0 Å². The van der Waals surface area contributed by atoms with Crippen molar-refractivity contribution < 1.29 is 4.39 Å². The van der Waals surface area contributed by atoms with Crippen molar-refractivity contribution >= 4 is 0 Å². The van der Waals surface area contributed by atoms with E-state index < -0.39 is 0 Å². The van der Waals surface area contributed by atoms with Crippen molar-refractivity contribution in [2.75, 3.05) is 13.1 Å². The second-order valence-electron chi connectivity index (χ2n) is 3.30. The number of rotatable bonds is 6. The standard InChI is InChI=1S/C11H17FN2/c12-11-5-3-4-10(8-11)9-14-7-2-1-6-13/h3-5,8,14H,1-2,6-7,9,13H2. The smallest absolute Gasteiger partial charge is 0.123 e. The zero-order valence-electron chi connectivity index (χ0n) is 8.30. The van der Waals surface area contributed by atoms with Crippen LogP contribution in [0.25, 0.3) is 0 Å². The Balaban J connectivity index is 2.18. The fourth-order valence-corrected chi connectivity index (χ4v) is 1.27. The highest BCUT2D eigenvalue weighted by molar-refractivity contribution is 5.15. The maximum atomic E-state index is 12.8. The first-order chi connectivity index (χ1) is 6.83. The van der Waals surface area contributed by atoms with Gasteiger partial charge >= 0.3 is 0 Å². The van der Waals surface area contributed by atoms with Crippen LogP contribution >= 0.6 is 0 Å². The van der Waals surface area contributed by atoms with E-state index in [9.17, 15) is 4.39 Å². The van der Waals surface area contributed by atoms with Crippen LogP contribution in [0.1, 0.15) is 18.4 Å². The number of hydrogen-bond donors (Lipinski definition) is 2. The van der Waals surface area contributed by atoms with E-state index in [1.54, 1.807) is 12.1 Å². The Hall–Kier alpha value is -0.930. The predicted molar refractivity (Wildman–Crippen MR) is 56.4 cm³/mol. The molecule has 0 spiro atoms. The summed E-state index contributed by atoms with van der Waals surface area (Å²) in [5, 5.41) is 3.24. The second kappa shape index (κ2) is 6.51. The fraction of sp³-hybridized carbons (Fsp3) is 0.455. The molecule has 1 rings (SSSR count). The largest absolute Gasteiger partial charge is 0.330 e. The summed E-state index contributed by atoms with van der Waals surface area (Å²) in [5.41, 5.74) is 6.35. The van der Waals surface area contributed by atoms with Gasteiger partial charge in [-0.15, -0.1) is 0 Å². The third kappa shape index (κ3) is 4.35. The van der Waals surface area contributed by atoms with Gasteiger partial charge in [0.1, 0.15) is 5.82 Å². The summed E-state index contributed by atoms with van der Waals surface area (Å²) >= 11 is 0. The van der Waals surface area contributed by atoms with Crippen molar-refractivity contribution in [3.8, 4) is 0 Å². The number of halogens is 1. The molecular weight excluding hydrogens is 179 g/mol. The number of nitrogens with one attached hydrogen (secondary N) is 1. The van der Waals surface area contributed by atoms with E-state index in [1.807, 2.05) is 6.07 Å². The van der Waals surface area contributed by atoms with E-state index >= 15 is 0 Å². The maximum absolute atomic E-state index is 12.8. The van der Waals surface area contributed by atoms with Crippen molar-refractivity contribution in [3.05, 3.63) is 35.6 Å². The first-order valence-electron chi connectivity index (χ1n) is 4.98. The predicted octanol–water partition coefficient (Wildman–Crippen LogP) is 1.65. The summed E-state index contributed by atoms with van der Waals surface area (Å²) in [6.07, 6.45) is 2.11. The number of hydrogen-bond acceptors (Lipinski definition) is 2. The van der Waals surface area contributed by atoms with E-state index in [1.165, 1.54) is 6.07 Å². The third-order valence-electron chi connectivity index (χ3n) is 2.03. The average molecular weight is 196 g/mol. The van der Waals surface area contributed by atoms with Gasteiger partial charge in [-0.05, 0) is 43.6 Å². The Morgan fingerprint density at radius 3 is 2.86 bits per heavy atom. The van der Waals surface area contributed by atoms with Crippen molar-refractivity contribution in [1.82, 2.24) is 5.32 Å². The Kier molecular flexibility index (Phi) is 5.19. The Morgan fingerprint density at radius 1 is 1.29 bits per heavy atom. The normalized spacial score (nSPS) is 10.4. The van der Waals surface area contributed by atoms with Crippen molar-refractivity contribution in [2.24, 2.45) is 5.73 Å². The summed E-state index contributed by atoms with van der Waals surface area (Å²) in [7, 11) is 0. The molecule has 0 atom stereocenters. The molecule has 1 aromatic carbocycles. The molecule has 3 heteroatoms. The Labute approximate surface area is 84.3 Å². The average Bonchev–Trinajstić information content (AvgIpc) is 2.18. The fourth-order valence-electron chi connectivity index (χ4n) is 1.27. The van der Waals surface area contributed by atoms with Gasteiger partial charge in [0.15, 0.2) is 0 Å². The lowest BCUT2D eigenvalue weighted by molar-refractivity contribution is 0.610. The molecule has 78 valence electrons. The van der Waals surface area contributed by atoms with Crippen LogP contribution in [0, 0.1) is 5.82 Å². The summed E-state index contributed by atoms with van der Waals surface area (Å²) in [6.45, 7) is 2.40. The topological polar surface area (TPSA) is 38.0 Å². The molecule has 0 saturated heterocycles. The first kappa shape index (κ1) is 11.1. The highest BCUT2D eigenvalue weighted by atomic mass is 19.1. The molecule has 0 aliphatic carbocycles. The third-order valence-corrected chi connectivity index (χ3v) is 2.03. The summed E-state index contributed by atoms with van der Waals surface area (Å²) in [5.74, 6) is -0.175. The van der Waals surface area contributed by atoms with Gasteiger partial charge < -0.3 is 11.1 Å². The minimum Gasteiger partial charge on any atom is -0.330 e. The SMILES string of the molecule is NCCCCNCc1cccc(F)c1. The van der Waals surface area contributed by atoms with Crippen LogP contribution in [0.3, 0.4) is 0 Å². The molecule has 0 heterocycles. The van der Waals surface area contributed by atoms with E-state index in [0.717, 1.165) is 38.0 Å². The molecular formula is C11H17FN2. The summed E-state index contributed by atoms with van der Waals surface area (Å²) < 4.78 is 12.8. The summed E-state index contributed by atoms with van der Waals surface area (Å²) in [6, 6.07) is 6.65. The van der Waals surface area contributed by atoms with Crippen LogP contribution in [0.5, 0.6) is 0 Å². The highest BCUT2D eigenvalue weighted by Gasteiger charge is 1.94. The highest BCUT2D eigenvalue weighted by Crippen LogP contribution is 2.02. The zero-order valence-corrected chi connectivity index (χ0v) is 8.30. The van der Waals surface area contributed by atoms with Crippen molar-refractivity contribution in [3.63, 3.8) is 0 Å². The lowest BCUT2D eigenvalue weighted by Gasteiger charge is -2.04. The molecule has 0 radical (unpaired) electrons. The number of nitrogens with two attached hydrogens (primary N) is 1. The van der Waals surface area contributed by atoms with Gasteiger partial charge in [0.05, 0.1) is 0 Å². The van der Waals surface area contributed by atoms with Gasteiger partial charge in [0.2, 0.25) is 0 Å². The van der Waals surface area contributed by atoms with Gasteiger partial charge in [-0.3, -0.25) is 0 Å². The number of benzene rings is 1. The van der Waals surface area contributed by atoms with Gasteiger partial charge in [0, 0.05) is 6.54 Å². The van der Waals surface area contributed by atoms with E-state index in [0.29, 0.717) is 0 Å². The molecule has 0 aromatic heterocycles. The van der Waals surface area contributed by atoms with Crippen LogP contribution in [-0.2, 0) is 6.54 Å². The second-order valence-corrected chi connectivity index (χ2v) is 3.30. The lowest BCUT2D eigenvalue weighted by atomic mass is 10.2. The monoisotopic (exact) mass is 196 g/mol. The summed E-state index contributed by atoms with van der Waals surface area (Å²) in [4.78, 5) is 0. The molecule has 14 heavy (non-hydrogen) atoms. The van der Waals surface area contributed by atoms with Gasteiger partial charge in [0.25, 0.3) is 0 Å². The van der Waals surface area contributed by atoms with Crippen LogP contribution in [-0.4, -0.2) is 13.1 Å². The molecule has 3 N–H and O–H groups in total. The Morgan fingerprint density at radius 2 is 2.14 bits per heavy atom. The van der Waals surface area contributed by atoms with Gasteiger partial charge in [-0.1, -0.05) is 12.1 Å². The zero-order chi connectivity index (χ0) is 10.2. The maximum Gasteiger partial charge on any atom is 0.123 e. The quantitative estimate of drug-likeness (QED) is 0.679. The molecule has 0 aliphatic heterocycles. The minimum atomic E-state index is -0.175. The van der Waals surface area contributed by atoms with E-state index in [-0.39, 0.29) is 5.82 Å². The van der Waals surface area contributed by atoms with Crippen LogP contribution in [0.2, 0.25) is 0 Å².